The smallest absolute Gasteiger partial charge is 0.162 e. The van der Waals surface area contributed by atoms with Crippen molar-refractivity contribution in [3.8, 4) is 12.3 Å². The predicted octanol–water partition coefficient (Wildman–Crippen LogP) is 2.26. The summed E-state index contributed by atoms with van der Waals surface area (Å²) in [5.74, 6) is 2.63. The van der Waals surface area contributed by atoms with Crippen LogP contribution >= 0.6 is 0 Å². The van der Waals surface area contributed by atoms with Crippen molar-refractivity contribution in [1.82, 2.24) is 0 Å². The van der Waals surface area contributed by atoms with Crippen LogP contribution in [0, 0.1) is 12.3 Å². The Kier molecular flexibility index (Phi) is 2.66. The molecule has 1 rings (SSSR count). The molecule has 0 aliphatic carbocycles. The van der Waals surface area contributed by atoms with Gasteiger partial charge < -0.3 is 0 Å². The van der Waals surface area contributed by atoms with Crippen LogP contribution in [0.5, 0.6) is 0 Å². The largest absolute Gasteiger partial charge is 0.294 e. The van der Waals surface area contributed by atoms with Crippen LogP contribution in [0.4, 0.5) is 0 Å². The van der Waals surface area contributed by atoms with Gasteiger partial charge in [-0.3, -0.25) is 4.79 Å². The van der Waals surface area contributed by atoms with E-state index in [1.165, 1.54) is 0 Å². The molecule has 60 valence electrons. The van der Waals surface area contributed by atoms with Crippen LogP contribution in [0.15, 0.2) is 24.3 Å². The van der Waals surface area contributed by atoms with E-state index in [2.05, 4.69) is 5.92 Å². The first-order valence-electron chi connectivity index (χ1n) is 3.87. The lowest BCUT2D eigenvalue weighted by Crippen LogP contribution is -1.95. The Morgan fingerprint density at radius 2 is 2.33 bits per heavy atom. The normalized spacial score (nSPS) is 9.00. The predicted molar refractivity (Wildman–Crippen MR) is 49.0 cm³/mol. The molecule has 0 atom stereocenters. The molecule has 0 saturated heterocycles. The third-order valence-corrected chi connectivity index (χ3v) is 1.67. The average Bonchev–Trinajstić information content (AvgIpc) is 2.17. The van der Waals surface area contributed by atoms with Gasteiger partial charge in [0, 0.05) is 17.5 Å². The molecule has 0 bridgehead atoms. The summed E-state index contributed by atoms with van der Waals surface area (Å²) >= 11 is 0. The molecule has 0 spiro atoms. The molecule has 1 nitrogen and oxygen atoms in total. The van der Waals surface area contributed by atoms with Crippen molar-refractivity contribution in [1.29, 1.82) is 0 Å². The number of carbonyl (C=O) groups excluding carboxylic acids is 1. The molecule has 1 heteroatoms. The van der Waals surface area contributed by atoms with Crippen LogP contribution in [-0.2, 0) is 0 Å². The molecule has 0 unspecified atom stereocenters. The Labute approximate surface area is 72.4 Å². The lowest BCUT2D eigenvalue weighted by atomic mass is 10.1. The Hall–Kier alpha value is -1.55. The summed E-state index contributed by atoms with van der Waals surface area (Å²) in [6, 6.07) is 7.14. The van der Waals surface area contributed by atoms with Crippen LogP contribution in [0.2, 0.25) is 0 Å². The molecule has 0 fully saturated rings. The summed E-state index contributed by atoms with van der Waals surface area (Å²) < 4.78 is 0. The maximum absolute atomic E-state index is 11.2. The zero-order valence-electron chi connectivity index (χ0n) is 7.00. The van der Waals surface area contributed by atoms with Gasteiger partial charge in [0.2, 0.25) is 0 Å². The lowest BCUT2D eigenvalue weighted by molar-refractivity contribution is 0.0988. The van der Waals surface area contributed by atoms with Gasteiger partial charge in [-0.15, -0.1) is 6.42 Å². The van der Waals surface area contributed by atoms with Gasteiger partial charge in [-0.2, -0.15) is 0 Å². The van der Waals surface area contributed by atoms with Gasteiger partial charge in [0.1, 0.15) is 0 Å². The third-order valence-electron chi connectivity index (χ3n) is 1.67. The molecule has 0 aromatic heterocycles. The first-order chi connectivity index (χ1) is 5.77. The molecule has 0 amide bonds. The lowest BCUT2D eigenvalue weighted by Gasteiger charge is -1.97. The van der Waals surface area contributed by atoms with Crippen LogP contribution in [0.1, 0.15) is 29.3 Å². The van der Waals surface area contributed by atoms with Gasteiger partial charge in [-0.1, -0.05) is 25.0 Å². The van der Waals surface area contributed by atoms with Crippen molar-refractivity contribution in [3.05, 3.63) is 35.4 Å². The van der Waals surface area contributed by atoms with E-state index in [0.29, 0.717) is 12.0 Å². The molecular weight excluding hydrogens is 148 g/mol. The molecule has 0 saturated carbocycles. The summed E-state index contributed by atoms with van der Waals surface area (Å²) in [6.07, 6.45) is 5.72. The second-order valence-corrected chi connectivity index (χ2v) is 2.50. The van der Waals surface area contributed by atoms with Gasteiger partial charge >= 0.3 is 0 Å². The molecular formula is C11H10O. The Morgan fingerprint density at radius 1 is 1.58 bits per heavy atom. The van der Waals surface area contributed by atoms with E-state index in [4.69, 9.17) is 6.42 Å². The topological polar surface area (TPSA) is 17.1 Å². The van der Waals surface area contributed by atoms with Gasteiger partial charge in [0.05, 0.1) is 0 Å². The van der Waals surface area contributed by atoms with Gasteiger partial charge in [-0.25, -0.2) is 0 Å². The highest BCUT2D eigenvalue weighted by Gasteiger charge is 2.01. The molecule has 1 aromatic carbocycles. The quantitative estimate of drug-likeness (QED) is 0.476. The summed E-state index contributed by atoms with van der Waals surface area (Å²) in [5.41, 5.74) is 1.46. The minimum absolute atomic E-state index is 0.132. The minimum atomic E-state index is 0.132. The second kappa shape index (κ2) is 3.73. The molecule has 0 N–H and O–H groups in total. The average molecular weight is 158 g/mol. The molecule has 0 radical (unpaired) electrons. The number of hydrogen-bond acceptors (Lipinski definition) is 1. The van der Waals surface area contributed by atoms with E-state index in [1.54, 1.807) is 18.2 Å². The zero-order chi connectivity index (χ0) is 8.97. The highest BCUT2D eigenvalue weighted by Crippen LogP contribution is 2.06. The maximum atomic E-state index is 11.2. The highest BCUT2D eigenvalue weighted by atomic mass is 16.1. The van der Waals surface area contributed by atoms with Crippen LogP contribution in [-0.4, -0.2) is 5.78 Å². The van der Waals surface area contributed by atoms with E-state index in [9.17, 15) is 4.79 Å². The molecule has 12 heavy (non-hydrogen) atoms. The fourth-order valence-corrected chi connectivity index (χ4v) is 0.987. The van der Waals surface area contributed by atoms with Gasteiger partial charge in [0.25, 0.3) is 0 Å². The highest BCUT2D eigenvalue weighted by molar-refractivity contribution is 5.96. The SMILES string of the molecule is C#Cc1cccc(C(=O)CC)c1. The number of benzene rings is 1. The molecule has 0 aliphatic rings. The first-order valence-corrected chi connectivity index (χ1v) is 3.87. The van der Waals surface area contributed by atoms with Crippen LogP contribution in [0.25, 0.3) is 0 Å². The van der Waals surface area contributed by atoms with Crippen molar-refractivity contribution >= 4 is 5.78 Å². The third kappa shape index (κ3) is 1.73. The number of hydrogen-bond donors (Lipinski definition) is 0. The maximum Gasteiger partial charge on any atom is 0.162 e. The minimum Gasteiger partial charge on any atom is -0.294 e. The summed E-state index contributed by atoms with van der Waals surface area (Å²) in [5, 5.41) is 0. The molecule has 0 aliphatic heterocycles. The van der Waals surface area contributed by atoms with E-state index in [0.717, 1.165) is 5.56 Å². The van der Waals surface area contributed by atoms with E-state index < -0.39 is 0 Å². The van der Waals surface area contributed by atoms with Crippen molar-refractivity contribution < 1.29 is 4.79 Å². The standard InChI is InChI=1S/C11H10O/c1-3-9-6-5-7-10(8-9)11(12)4-2/h1,5-8H,4H2,2H3. The number of ketones is 1. The number of Topliss-reactive ketones (excluding diaryl/α,β-unsaturated/α-hetero) is 1. The van der Waals surface area contributed by atoms with E-state index >= 15 is 0 Å². The molecule has 1 aromatic rings. The molecule has 0 heterocycles. The fraction of sp³-hybridized carbons (Fsp3) is 0.182. The van der Waals surface area contributed by atoms with Gasteiger partial charge in [-0.05, 0) is 12.1 Å². The van der Waals surface area contributed by atoms with Crippen molar-refractivity contribution in [2.75, 3.05) is 0 Å². The monoisotopic (exact) mass is 158 g/mol. The Bertz CT molecular complexity index is 331. The van der Waals surface area contributed by atoms with E-state index in [1.807, 2.05) is 13.0 Å². The van der Waals surface area contributed by atoms with E-state index in [-0.39, 0.29) is 5.78 Å². The Morgan fingerprint density at radius 3 is 2.92 bits per heavy atom. The zero-order valence-corrected chi connectivity index (χ0v) is 7.00. The van der Waals surface area contributed by atoms with Crippen molar-refractivity contribution in [3.63, 3.8) is 0 Å². The van der Waals surface area contributed by atoms with Crippen molar-refractivity contribution in [2.24, 2.45) is 0 Å². The second-order valence-electron chi connectivity index (χ2n) is 2.50. The summed E-state index contributed by atoms with van der Waals surface area (Å²) in [6.45, 7) is 1.84. The number of carbonyl (C=O) groups is 1. The fourth-order valence-electron chi connectivity index (χ4n) is 0.987. The first kappa shape index (κ1) is 8.55. The number of terminal acetylenes is 1. The summed E-state index contributed by atoms with van der Waals surface area (Å²) in [7, 11) is 0. The summed E-state index contributed by atoms with van der Waals surface area (Å²) in [4.78, 5) is 11.2. The van der Waals surface area contributed by atoms with Crippen LogP contribution < -0.4 is 0 Å². The van der Waals surface area contributed by atoms with Crippen LogP contribution in [0.3, 0.4) is 0 Å². The number of rotatable bonds is 2. The van der Waals surface area contributed by atoms with Crippen molar-refractivity contribution in [2.45, 2.75) is 13.3 Å². The van der Waals surface area contributed by atoms with Gasteiger partial charge in [0.15, 0.2) is 5.78 Å². The Balaban J connectivity index is 3.04.